The summed E-state index contributed by atoms with van der Waals surface area (Å²) in [5.41, 5.74) is 1.55. The van der Waals surface area contributed by atoms with Gasteiger partial charge in [-0.25, -0.2) is 4.79 Å². The second-order valence-corrected chi connectivity index (χ2v) is 5.61. The number of carbonyl (C=O) groups is 3. The Morgan fingerprint density at radius 3 is 2.04 bits per heavy atom. The fourth-order valence-corrected chi connectivity index (χ4v) is 2.71. The van der Waals surface area contributed by atoms with Crippen molar-refractivity contribution in [3.05, 3.63) is 59.7 Å². The van der Waals surface area contributed by atoms with Crippen molar-refractivity contribution >= 4 is 17.8 Å². The number of benzene rings is 2. The first kappa shape index (κ1) is 19.2. The van der Waals surface area contributed by atoms with Crippen LogP contribution < -0.4 is 0 Å². The zero-order chi connectivity index (χ0) is 19.1. The number of esters is 1. The Morgan fingerprint density at radius 2 is 1.50 bits per heavy atom. The minimum absolute atomic E-state index is 0.101. The number of carboxylic acids is 1. The molecule has 2 rings (SSSR count). The fourth-order valence-electron chi connectivity index (χ4n) is 2.71. The van der Waals surface area contributed by atoms with E-state index in [1.165, 1.54) is 13.2 Å². The maximum Gasteiger partial charge on any atom is 0.336 e. The lowest BCUT2D eigenvalue weighted by atomic mass is 9.94. The highest BCUT2D eigenvalue weighted by Crippen LogP contribution is 2.28. The Morgan fingerprint density at radius 1 is 0.962 bits per heavy atom. The minimum atomic E-state index is -1.05. The van der Waals surface area contributed by atoms with Crippen molar-refractivity contribution < 1.29 is 24.2 Å². The molecule has 0 aliphatic heterocycles. The van der Waals surface area contributed by atoms with Crippen molar-refractivity contribution in [3.8, 4) is 11.1 Å². The van der Waals surface area contributed by atoms with Gasteiger partial charge in [0.2, 0.25) is 0 Å². The molecule has 1 N–H and O–H groups in total. The molecule has 0 aromatic heterocycles. The molecule has 0 atom stereocenters. The van der Waals surface area contributed by atoms with E-state index in [1.807, 2.05) is 6.92 Å². The highest BCUT2D eigenvalue weighted by Gasteiger charge is 2.21. The highest BCUT2D eigenvalue weighted by molar-refractivity contribution is 6.04. The van der Waals surface area contributed by atoms with Gasteiger partial charge in [-0.15, -0.1) is 0 Å². The van der Waals surface area contributed by atoms with Gasteiger partial charge in [0.05, 0.1) is 19.1 Å². The first-order valence-corrected chi connectivity index (χ1v) is 8.27. The maximum atomic E-state index is 13.0. The molecular weight excluding hydrogens is 334 g/mol. The van der Waals surface area contributed by atoms with Crippen LogP contribution in [0.3, 0.4) is 0 Å². The van der Waals surface area contributed by atoms with Crippen LogP contribution >= 0.6 is 0 Å². The molecule has 0 spiro atoms. The van der Waals surface area contributed by atoms with E-state index in [1.54, 1.807) is 47.4 Å². The summed E-state index contributed by atoms with van der Waals surface area (Å²) < 4.78 is 4.62. The monoisotopic (exact) mass is 355 g/mol. The van der Waals surface area contributed by atoms with E-state index in [-0.39, 0.29) is 30.4 Å². The van der Waals surface area contributed by atoms with Gasteiger partial charge in [0, 0.05) is 18.7 Å². The molecule has 0 fully saturated rings. The predicted molar refractivity (Wildman–Crippen MR) is 97.0 cm³/mol. The molecule has 0 saturated heterocycles. The second kappa shape index (κ2) is 8.80. The molecule has 136 valence electrons. The summed E-state index contributed by atoms with van der Waals surface area (Å²) in [5, 5.41) is 9.44. The number of ether oxygens (including phenoxy) is 1. The van der Waals surface area contributed by atoms with E-state index < -0.39 is 5.97 Å². The minimum Gasteiger partial charge on any atom is -0.478 e. The molecule has 2 aromatic carbocycles. The number of carbonyl (C=O) groups excluding carboxylic acids is 2. The number of aromatic carboxylic acids is 1. The molecule has 1 amide bonds. The van der Waals surface area contributed by atoms with Crippen molar-refractivity contribution in [2.45, 2.75) is 13.3 Å². The molecule has 0 aliphatic rings. The number of rotatable bonds is 7. The predicted octanol–water partition coefficient (Wildman–Crippen LogP) is 3.08. The van der Waals surface area contributed by atoms with Crippen LogP contribution in [0.25, 0.3) is 11.1 Å². The van der Waals surface area contributed by atoms with Crippen molar-refractivity contribution in [1.82, 2.24) is 4.90 Å². The fraction of sp³-hybridized carbons (Fsp3) is 0.250. The summed E-state index contributed by atoms with van der Waals surface area (Å²) >= 11 is 0. The molecule has 6 nitrogen and oxygen atoms in total. The van der Waals surface area contributed by atoms with E-state index in [4.69, 9.17) is 0 Å². The van der Waals surface area contributed by atoms with Crippen LogP contribution in [0.5, 0.6) is 0 Å². The lowest BCUT2D eigenvalue weighted by Crippen LogP contribution is -2.33. The van der Waals surface area contributed by atoms with E-state index in [0.717, 1.165) is 0 Å². The van der Waals surface area contributed by atoms with E-state index in [2.05, 4.69) is 4.74 Å². The normalized spacial score (nSPS) is 10.2. The maximum absolute atomic E-state index is 13.0. The Balaban J connectivity index is 2.41. The molecule has 0 radical (unpaired) electrons. The van der Waals surface area contributed by atoms with Crippen molar-refractivity contribution in [1.29, 1.82) is 0 Å². The first-order valence-electron chi connectivity index (χ1n) is 8.27. The number of methoxy groups -OCH3 is 1. The van der Waals surface area contributed by atoms with Crippen LogP contribution in [-0.2, 0) is 9.53 Å². The Hall–Kier alpha value is -3.15. The quantitative estimate of drug-likeness (QED) is 0.772. The molecule has 0 bridgehead atoms. The first-order chi connectivity index (χ1) is 12.5. The van der Waals surface area contributed by atoms with Crippen LogP contribution in [0, 0.1) is 0 Å². The molecular formula is C20H21NO5. The summed E-state index contributed by atoms with van der Waals surface area (Å²) in [7, 11) is 1.30. The number of hydrogen-bond donors (Lipinski definition) is 1. The standard InChI is InChI=1S/C20H21NO5/c1-3-21(13-12-18(22)26-2)19(23)16-10-6-4-8-14(16)15-9-5-7-11-17(15)20(24)25/h4-11H,3,12-13H2,1-2H3,(H,24,25). The molecule has 0 heterocycles. The van der Waals surface area contributed by atoms with Crippen LogP contribution in [0.4, 0.5) is 0 Å². The van der Waals surface area contributed by atoms with Gasteiger partial charge in [0.15, 0.2) is 0 Å². The summed E-state index contributed by atoms with van der Waals surface area (Å²) in [6, 6.07) is 13.4. The number of nitrogens with zero attached hydrogens (tertiary/aromatic N) is 1. The van der Waals surface area contributed by atoms with Gasteiger partial charge in [-0.3, -0.25) is 9.59 Å². The third-order valence-corrected chi connectivity index (χ3v) is 4.09. The summed E-state index contributed by atoms with van der Waals surface area (Å²) in [5.74, 6) is -1.70. The van der Waals surface area contributed by atoms with Gasteiger partial charge in [0.1, 0.15) is 0 Å². The van der Waals surface area contributed by atoms with Gasteiger partial charge < -0.3 is 14.7 Å². The van der Waals surface area contributed by atoms with Gasteiger partial charge in [-0.1, -0.05) is 36.4 Å². The number of amides is 1. The van der Waals surface area contributed by atoms with Gasteiger partial charge in [-0.05, 0) is 30.2 Å². The smallest absolute Gasteiger partial charge is 0.336 e. The van der Waals surface area contributed by atoms with Gasteiger partial charge in [-0.2, -0.15) is 0 Å². The Labute approximate surface area is 152 Å². The summed E-state index contributed by atoms with van der Waals surface area (Å²) in [6.07, 6.45) is 0.101. The lowest BCUT2D eigenvalue weighted by Gasteiger charge is -2.22. The number of hydrogen-bond acceptors (Lipinski definition) is 4. The molecule has 2 aromatic rings. The molecule has 0 unspecified atom stereocenters. The van der Waals surface area contributed by atoms with Crippen LogP contribution in [-0.4, -0.2) is 48.1 Å². The SMILES string of the molecule is CCN(CCC(=O)OC)C(=O)c1ccccc1-c1ccccc1C(=O)O. The van der Waals surface area contributed by atoms with E-state index in [9.17, 15) is 19.5 Å². The molecule has 0 saturated carbocycles. The molecule has 0 aliphatic carbocycles. The lowest BCUT2D eigenvalue weighted by molar-refractivity contribution is -0.140. The molecule has 26 heavy (non-hydrogen) atoms. The Bertz CT molecular complexity index is 815. The van der Waals surface area contributed by atoms with Crippen molar-refractivity contribution in [3.63, 3.8) is 0 Å². The van der Waals surface area contributed by atoms with Crippen LogP contribution in [0.1, 0.15) is 34.1 Å². The summed E-state index contributed by atoms with van der Waals surface area (Å²) in [4.78, 5) is 37.4. The van der Waals surface area contributed by atoms with Crippen molar-refractivity contribution in [2.75, 3.05) is 20.2 Å². The topological polar surface area (TPSA) is 83.9 Å². The second-order valence-electron chi connectivity index (χ2n) is 5.61. The number of carboxylic acid groups (broad SMARTS) is 1. The third-order valence-electron chi connectivity index (χ3n) is 4.09. The zero-order valence-electron chi connectivity index (χ0n) is 14.8. The van der Waals surface area contributed by atoms with E-state index >= 15 is 0 Å². The van der Waals surface area contributed by atoms with Crippen LogP contribution in [0.15, 0.2) is 48.5 Å². The average Bonchev–Trinajstić information content (AvgIpc) is 2.67. The largest absolute Gasteiger partial charge is 0.478 e. The third kappa shape index (κ3) is 4.27. The summed E-state index contributed by atoms with van der Waals surface area (Å²) in [6.45, 7) is 2.48. The Kier molecular flexibility index (Phi) is 6.49. The zero-order valence-corrected chi connectivity index (χ0v) is 14.8. The van der Waals surface area contributed by atoms with Gasteiger partial charge >= 0.3 is 11.9 Å². The van der Waals surface area contributed by atoms with Crippen molar-refractivity contribution in [2.24, 2.45) is 0 Å². The average molecular weight is 355 g/mol. The van der Waals surface area contributed by atoms with Crippen LogP contribution in [0.2, 0.25) is 0 Å². The van der Waals surface area contributed by atoms with Gasteiger partial charge in [0.25, 0.3) is 5.91 Å². The highest BCUT2D eigenvalue weighted by atomic mass is 16.5. The molecule has 6 heteroatoms. The van der Waals surface area contributed by atoms with E-state index in [0.29, 0.717) is 23.2 Å².